The number of hydrogen-bond donors (Lipinski definition) is 2. The van der Waals surface area contributed by atoms with Gasteiger partial charge in [-0.15, -0.1) is 10.2 Å². The highest BCUT2D eigenvalue weighted by atomic mass is 35.5. The molecule has 0 bridgehead atoms. The minimum Gasteiger partial charge on any atom is -0.478 e. The van der Waals surface area contributed by atoms with E-state index in [9.17, 15) is 4.79 Å². The Kier molecular flexibility index (Phi) is 3.26. The highest BCUT2D eigenvalue weighted by Gasteiger charge is 2.08. The average Bonchev–Trinajstić information content (AvgIpc) is 2.67. The van der Waals surface area contributed by atoms with Crippen LogP contribution in [0.5, 0.6) is 0 Å². The molecule has 0 atom stereocenters. The number of nitrogens with one attached hydrogen (secondary N) is 1. The van der Waals surface area contributed by atoms with E-state index in [4.69, 9.17) is 16.7 Å². The number of halogens is 1. The van der Waals surface area contributed by atoms with E-state index >= 15 is 0 Å². The third kappa shape index (κ3) is 2.72. The number of carbonyl (C=O) groups is 1. The van der Waals surface area contributed by atoms with Crippen LogP contribution in [0.1, 0.15) is 15.4 Å². The molecule has 1 aromatic carbocycles. The van der Waals surface area contributed by atoms with Crippen LogP contribution in [0, 0.1) is 6.92 Å². The highest BCUT2D eigenvalue weighted by Crippen LogP contribution is 2.27. The lowest BCUT2D eigenvalue weighted by atomic mass is 10.2. The van der Waals surface area contributed by atoms with Crippen LogP contribution in [0.4, 0.5) is 10.8 Å². The van der Waals surface area contributed by atoms with E-state index in [2.05, 4.69) is 15.5 Å². The van der Waals surface area contributed by atoms with Crippen molar-refractivity contribution >= 4 is 39.7 Å². The zero-order valence-corrected chi connectivity index (χ0v) is 10.3. The first-order valence-electron chi connectivity index (χ1n) is 4.66. The van der Waals surface area contributed by atoms with Crippen molar-refractivity contribution in [2.75, 3.05) is 5.32 Å². The molecule has 0 saturated carbocycles. The van der Waals surface area contributed by atoms with Crippen molar-refractivity contribution in [3.63, 3.8) is 0 Å². The SMILES string of the molecule is Cc1nnc(Nc2ccc(C(=O)O)cc2Cl)s1. The number of rotatable bonds is 3. The molecule has 88 valence electrons. The third-order valence-electron chi connectivity index (χ3n) is 1.98. The van der Waals surface area contributed by atoms with E-state index in [1.54, 1.807) is 6.07 Å². The van der Waals surface area contributed by atoms with E-state index in [0.29, 0.717) is 15.8 Å². The van der Waals surface area contributed by atoms with Crippen LogP contribution in [-0.4, -0.2) is 21.3 Å². The maximum Gasteiger partial charge on any atom is 0.335 e. The zero-order chi connectivity index (χ0) is 12.4. The Morgan fingerprint density at radius 1 is 1.47 bits per heavy atom. The molecule has 2 N–H and O–H groups in total. The molecule has 2 aromatic rings. The predicted molar refractivity (Wildman–Crippen MR) is 66.3 cm³/mol. The molecule has 0 spiro atoms. The van der Waals surface area contributed by atoms with E-state index in [0.717, 1.165) is 5.01 Å². The van der Waals surface area contributed by atoms with E-state index in [-0.39, 0.29) is 5.56 Å². The van der Waals surface area contributed by atoms with Gasteiger partial charge in [0.1, 0.15) is 5.01 Å². The number of aromatic nitrogens is 2. The molecule has 0 unspecified atom stereocenters. The van der Waals surface area contributed by atoms with Crippen molar-refractivity contribution < 1.29 is 9.90 Å². The van der Waals surface area contributed by atoms with Gasteiger partial charge in [-0.1, -0.05) is 22.9 Å². The lowest BCUT2D eigenvalue weighted by Crippen LogP contribution is -1.97. The molecule has 0 fully saturated rings. The summed E-state index contributed by atoms with van der Waals surface area (Å²) in [4.78, 5) is 10.7. The van der Waals surface area contributed by atoms with Gasteiger partial charge in [0.15, 0.2) is 0 Å². The summed E-state index contributed by atoms with van der Waals surface area (Å²) in [5.74, 6) is -1.01. The smallest absolute Gasteiger partial charge is 0.335 e. The molecular weight excluding hydrogens is 262 g/mol. The zero-order valence-electron chi connectivity index (χ0n) is 8.77. The summed E-state index contributed by atoms with van der Waals surface area (Å²) in [7, 11) is 0. The summed E-state index contributed by atoms with van der Waals surface area (Å²) in [5, 5.41) is 21.3. The molecule has 0 saturated heterocycles. The van der Waals surface area contributed by atoms with Crippen molar-refractivity contribution in [2.24, 2.45) is 0 Å². The van der Waals surface area contributed by atoms with Crippen molar-refractivity contribution in [3.8, 4) is 0 Å². The summed E-state index contributed by atoms with van der Waals surface area (Å²) in [6, 6.07) is 4.47. The number of nitrogens with zero attached hydrogens (tertiary/aromatic N) is 2. The van der Waals surface area contributed by atoms with Gasteiger partial charge in [0.2, 0.25) is 5.13 Å². The van der Waals surface area contributed by atoms with Crippen LogP contribution in [0.3, 0.4) is 0 Å². The summed E-state index contributed by atoms with van der Waals surface area (Å²) < 4.78 is 0. The van der Waals surface area contributed by atoms with Gasteiger partial charge in [0.25, 0.3) is 0 Å². The number of anilines is 2. The largest absolute Gasteiger partial charge is 0.478 e. The second-order valence-electron chi connectivity index (χ2n) is 3.25. The molecule has 1 heterocycles. The average molecular weight is 270 g/mol. The second-order valence-corrected chi connectivity index (χ2v) is 4.84. The van der Waals surface area contributed by atoms with Crippen LogP contribution in [0.2, 0.25) is 5.02 Å². The topological polar surface area (TPSA) is 75.1 Å². The van der Waals surface area contributed by atoms with Gasteiger partial charge in [-0.25, -0.2) is 4.79 Å². The Hall–Kier alpha value is -1.66. The van der Waals surface area contributed by atoms with Gasteiger partial charge in [-0.2, -0.15) is 0 Å². The van der Waals surface area contributed by atoms with Crippen LogP contribution in [0.25, 0.3) is 0 Å². The van der Waals surface area contributed by atoms with Crippen LogP contribution < -0.4 is 5.32 Å². The maximum absolute atomic E-state index is 10.7. The molecule has 5 nitrogen and oxygen atoms in total. The number of benzene rings is 1. The fourth-order valence-corrected chi connectivity index (χ4v) is 2.04. The van der Waals surface area contributed by atoms with Crippen molar-refractivity contribution in [1.29, 1.82) is 0 Å². The van der Waals surface area contributed by atoms with Gasteiger partial charge in [0, 0.05) is 0 Å². The third-order valence-corrected chi connectivity index (χ3v) is 3.05. The number of hydrogen-bond acceptors (Lipinski definition) is 5. The summed E-state index contributed by atoms with van der Waals surface area (Å²) in [6.07, 6.45) is 0. The molecule has 0 amide bonds. The van der Waals surface area contributed by atoms with E-state index < -0.39 is 5.97 Å². The first-order chi connectivity index (χ1) is 8.06. The quantitative estimate of drug-likeness (QED) is 0.896. The van der Waals surface area contributed by atoms with Gasteiger partial charge >= 0.3 is 5.97 Å². The van der Waals surface area contributed by atoms with Crippen molar-refractivity contribution in [3.05, 3.63) is 33.8 Å². The van der Waals surface area contributed by atoms with Gasteiger partial charge in [-0.05, 0) is 25.1 Å². The summed E-state index contributed by atoms with van der Waals surface area (Å²) in [5.41, 5.74) is 0.752. The summed E-state index contributed by atoms with van der Waals surface area (Å²) >= 11 is 7.35. The molecule has 0 aliphatic rings. The Bertz CT molecular complexity index is 570. The Balaban J connectivity index is 2.25. The molecule has 0 radical (unpaired) electrons. The molecule has 17 heavy (non-hydrogen) atoms. The Morgan fingerprint density at radius 2 is 2.24 bits per heavy atom. The molecule has 0 aliphatic heterocycles. The maximum atomic E-state index is 10.7. The Morgan fingerprint density at radius 3 is 2.76 bits per heavy atom. The second kappa shape index (κ2) is 4.68. The predicted octanol–water partition coefficient (Wildman–Crippen LogP) is 2.94. The lowest BCUT2D eigenvalue weighted by Gasteiger charge is -2.05. The molecule has 2 rings (SSSR count). The van der Waals surface area contributed by atoms with Gasteiger partial charge in [-0.3, -0.25) is 0 Å². The standard InChI is InChI=1S/C10H8ClN3O2S/c1-5-13-14-10(17-5)12-8-3-2-6(9(15)16)4-7(8)11/h2-4H,1H3,(H,12,14)(H,15,16). The number of aromatic carboxylic acids is 1. The van der Waals surface area contributed by atoms with Gasteiger partial charge in [0.05, 0.1) is 16.3 Å². The van der Waals surface area contributed by atoms with E-state index in [1.807, 2.05) is 6.92 Å². The molecule has 7 heteroatoms. The highest BCUT2D eigenvalue weighted by molar-refractivity contribution is 7.15. The fourth-order valence-electron chi connectivity index (χ4n) is 1.21. The number of aryl methyl sites for hydroxylation is 1. The lowest BCUT2D eigenvalue weighted by molar-refractivity contribution is 0.0697. The molecule has 0 aliphatic carbocycles. The first kappa shape index (κ1) is 11.8. The minimum absolute atomic E-state index is 0.147. The van der Waals surface area contributed by atoms with Gasteiger partial charge < -0.3 is 10.4 Å². The number of carboxylic acid groups (broad SMARTS) is 1. The van der Waals surface area contributed by atoms with Crippen molar-refractivity contribution in [1.82, 2.24) is 10.2 Å². The van der Waals surface area contributed by atoms with Crippen LogP contribution in [-0.2, 0) is 0 Å². The number of carboxylic acids is 1. The Labute approximate surface area is 106 Å². The molecular formula is C10H8ClN3O2S. The van der Waals surface area contributed by atoms with Crippen LogP contribution >= 0.6 is 22.9 Å². The van der Waals surface area contributed by atoms with Crippen LogP contribution in [0.15, 0.2) is 18.2 Å². The fraction of sp³-hybridized carbons (Fsp3) is 0.100. The molecule has 1 aromatic heterocycles. The first-order valence-corrected chi connectivity index (χ1v) is 5.85. The normalized spacial score (nSPS) is 10.2. The minimum atomic E-state index is -1.01. The summed E-state index contributed by atoms with van der Waals surface area (Å²) in [6.45, 7) is 1.85. The van der Waals surface area contributed by atoms with Crippen molar-refractivity contribution in [2.45, 2.75) is 6.92 Å². The van der Waals surface area contributed by atoms with E-state index in [1.165, 1.54) is 23.5 Å². The monoisotopic (exact) mass is 269 g/mol.